The number of halogens is 1. The van der Waals surface area contributed by atoms with Gasteiger partial charge >= 0.3 is 5.97 Å². The fourth-order valence-corrected chi connectivity index (χ4v) is 2.33. The summed E-state index contributed by atoms with van der Waals surface area (Å²) >= 11 is 0. The van der Waals surface area contributed by atoms with Crippen LogP contribution in [0.4, 0.5) is 4.39 Å². The molecule has 0 aromatic carbocycles. The molecule has 0 radical (unpaired) electrons. The minimum atomic E-state index is -0.857. The maximum Gasteiger partial charge on any atom is 0.303 e. The van der Waals surface area contributed by atoms with E-state index < -0.39 is 17.8 Å². The lowest BCUT2D eigenvalue weighted by Gasteiger charge is -2.40. The molecule has 1 heterocycles. The molecule has 1 amide bonds. The van der Waals surface area contributed by atoms with Crippen molar-refractivity contribution in [2.75, 3.05) is 6.54 Å². The van der Waals surface area contributed by atoms with E-state index in [0.29, 0.717) is 6.54 Å². The fraction of sp³-hybridized carbons (Fsp3) is 0.462. The van der Waals surface area contributed by atoms with Crippen LogP contribution in [-0.4, -0.2) is 28.5 Å². The molecule has 0 saturated heterocycles. The number of carboxylic acids is 1. The molecule has 6 heteroatoms. The Labute approximate surface area is 109 Å². The Morgan fingerprint density at radius 1 is 1.47 bits per heavy atom. The highest BCUT2D eigenvalue weighted by molar-refractivity contribution is 5.94. The van der Waals surface area contributed by atoms with Crippen LogP contribution < -0.4 is 5.32 Å². The number of carbonyl (C=O) groups excluding carboxylic acids is 1. The number of carboxylic acid groups (broad SMARTS) is 1. The second-order valence-electron chi connectivity index (χ2n) is 4.97. The summed E-state index contributed by atoms with van der Waals surface area (Å²) in [5.41, 5.74) is -0.148. The van der Waals surface area contributed by atoms with Gasteiger partial charge < -0.3 is 10.4 Å². The predicted molar refractivity (Wildman–Crippen MR) is 65.1 cm³/mol. The van der Waals surface area contributed by atoms with Crippen LogP contribution in [0.3, 0.4) is 0 Å². The molecule has 5 nitrogen and oxygen atoms in total. The van der Waals surface area contributed by atoms with E-state index in [1.54, 1.807) is 0 Å². The first-order valence-electron chi connectivity index (χ1n) is 6.12. The number of carbonyl (C=O) groups is 2. The molecule has 1 fully saturated rings. The predicted octanol–water partition coefficient (Wildman–Crippen LogP) is 1.60. The van der Waals surface area contributed by atoms with Gasteiger partial charge in [-0.05, 0) is 24.3 Å². The molecule has 1 aliphatic carbocycles. The normalized spacial score (nSPS) is 16.5. The molecule has 2 rings (SSSR count). The van der Waals surface area contributed by atoms with Gasteiger partial charge in [0, 0.05) is 24.4 Å². The van der Waals surface area contributed by atoms with E-state index in [4.69, 9.17) is 5.11 Å². The Bertz CT molecular complexity index is 500. The van der Waals surface area contributed by atoms with Crippen molar-refractivity contribution in [2.24, 2.45) is 5.41 Å². The smallest absolute Gasteiger partial charge is 0.303 e. The molecule has 102 valence electrons. The summed E-state index contributed by atoms with van der Waals surface area (Å²) < 4.78 is 12.9. The van der Waals surface area contributed by atoms with Crippen molar-refractivity contribution in [3.05, 3.63) is 29.8 Å². The van der Waals surface area contributed by atoms with E-state index in [1.165, 1.54) is 12.3 Å². The summed E-state index contributed by atoms with van der Waals surface area (Å²) in [4.78, 5) is 26.0. The van der Waals surface area contributed by atoms with Crippen LogP contribution in [0, 0.1) is 11.4 Å². The fourth-order valence-electron chi connectivity index (χ4n) is 2.33. The standard InChI is InChI=1S/C13H15FN2O3/c14-10-6-9(2-5-15-10)12(19)16-8-13(3-1-4-13)7-11(17)18/h2,5-6H,1,3-4,7-8H2,(H,16,19)(H,17,18). The van der Waals surface area contributed by atoms with Gasteiger partial charge in [-0.1, -0.05) is 6.42 Å². The van der Waals surface area contributed by atoms with Crippen LogP contribution in [0.25, 0.3) is 0 Å². The molecule has 0 atom stereocenters. The molecular weight excluding hydrogens is 251 g/mol. The summed E-state index contributed by atoms with van der Waals surface area (Å²) in [6, 6.07) is 2.48. The second-order valence-corrected chi connectivity index (χ2v) is 4.97. The first-order chi connectivity index (χ1) is 9.01. The van der Waals surface area contributed by atoms with Gasteiger partial charge in [-0.2, -0.15) is 4.39 Å². The summed E-state index contributed by atoms with van der Waals surface area (Å²) in [5.74, 6) is -1.97. The Kier molecular flexibility index (Phi) is 3.78. The van der Waals surface area contributed by atoms with Gasteiger partial charge in [0.05, 0.1) is 6.42 Å². The average Bonchev–Trinajstić information content (AvgIpc) is 2.31. The lowest BCUT2D eigenvalue weighted by Crippen LogP contribution is -2.43. The van der Waals surface area contributed by atoms with Crippen molar-refractivity contribution in [1.29, 1.82) is 0 Å². The van der Waals surface area contributed by atoms with Gasteiger partial charge in [-0.25, -0.2) is 4.98 Å². The highest BCUT2D eigenvalue weighted by Crippen LogP contribution is 2.43. The Morgan fingerprint density at radius 2 is 2.21 bits per heavy atom. The van der Waals surface area contributed by atoms with Gasteiger partial charge in [0.15, 0.2) is 0 Å². The maximum atomic E-state index is 12.9. The number of aromatic nitrogens is 1. The molecule has 1 aromatic heterocycles. The van der Waals surface area contributed by atoms with Gasteiger partial charge in [0.2, 0.25) is 5.95 Å². The van der Waals surface area contributed by atoms with Crippen molar-refractivity contribution < 1.29 is 19.1 Å². The molecule has 1 aromatic rings. The Morgan fingerprint density at radius 3 is 2.74 bits per heavy atom. The van der Waals surface area contributed by atoms with Gasteiger partial charge in [0.1, 0.15) is 0 Å². The highest BCUT2D eigenvalue weighted by atomic mass is 19.1. The molecule has 1 saturated carbocycles. The molecule has 1 aliphatic rings. The minimum Gasteiger partial charge on any atom is -0.481 e. The number of pyridine rings is 1. The van der Waals surface area contributed by atoms with Gasteiger partial charge in [-0.3, -0.25) is 9.59 Å². The molecular formula is C13H15FN2O3. The molecule has 19 heavy (non-hydrogen) atoms. The van der Waals surface area contributed by atoms with E-state index in [-0.39, 0.29) is 17.4 Å². The van der Waals surface area contributed by atoms with E-state index >= 15 is 0 Å². The minimum absolute atomic E-state index is 0.0536. The number of nitrogens with zero attached hydrogens (tertiary/aromatic N) is 1. The molecule has 0 spiro atoms. The van der Waals surface area contributed by atoms with Crippen molar-refractivity contribution >= 4 is 11.9 Å². The van der Waals surface area contributed by atoms with Crippen LogP contribution in [0.15, 0.2) is 18.3 Å². The van der Waals surface area contributed by atoms with Crippen LogP contribution in [-0.2, 0) is 4.79 Å². The first kappa shape index (κ1) is 13.5. The number of nitrogens with one attached hydrogen (secondary N) is 1. The number of rotatable bonds is 5. The van der Waals surface area contributed by atoms with E-state index in [1.807, 2.05) is 0 Å². The summed E-state index contributed by atoms with van der Waals surface area (Å²) in [6.07, 6.45) is 3.85. The molecule has 0 bridgehead atoms. The van der Waals surface area contributed by atoms with Crippen molar-refractivity contribution in [1.82, 2.24) is 10.3 Å². The summed E-state index contributed by atoms with van der Waals surface area (Å²) in [6.45, 7) is 0.308. The van der Waals surface area contributed by atoms with Crippen molar-refractivity contribution in [3.8, 4) is 0 Å². The van der Waals surface area contributed by atoms with Crippen LogP contribution >= 0.6 is 0 Å². The van der Waals surface area contributed by atoms with Crippen molar-refractivity contribution in [2.45, 2.75) is 25.7 Å². The average molecular weight is 266 g/mol. The Balaban J connectivity index is 1.94. The number of hydrogen-bond acceptors (Lipinski definition) is 3. The third-order valence-corrected chi connectivity index (χ3v) is 3.55. The molecule has 2 N–H and O–H groups in total. The maximum absolute atomic E-state index is 12.9. The molecule has 0 aliphatic heterocycles. The lowest BCUT2D eigenvalue weighted by molar-refractivity contribution is -0.141. The summed E-state index contributed by atoms with van der Waals surface area (Å²) in [5, 5.41) is 11.5. The zero-order chi connectivity index (χ0) is 13.9. The van der Waals surface area contributed by atoms with E-state index in [0.717, 1.165) is 25.3 Å². The van der Waals surface area contributed by atoms with Crippen LogP contribution in [0.5, 0.6) is 0 Å². The third kappa shape index (κ3) is 3.27. The highest BCUT2D eigenvalue weighted by Gasteiger charge is 2.39. The zero-order valence-electron chi connectivity index (χ0n) is 10.4. The number of hydrogen-bond donors (Lipinski definition) is 2. The summed E-state index contributed by atoms with van der Waals surface area (Å²) in [7, 11) is 0. The van der Waals surface area contributed by atoms with Crippen LogP contribution in [0.1, 0.15) is 36.0 Å². The first-order valence-corrected chi connectivity index (χ1v) is 6.12. The van der Waals surface area contributed by atoms with Gasteiger partial charge in [-0.15, -0.1) is 0 Å². The number of aliphatic carboxylic acids is 1. The second kappa shape index (κ2) is 5.34. The SMILES string of the molecule is O=C(O)CC1(CNC(=O)c2ccnc(F)c2)CCC1. The largest absolute Gasteiger partial charge is 0.481 e. The quantitative estimate of drug-likeness (QED) is 0.793. The monoisotopic (exact) mass is 266 g/mol. The van der Waals surface area contributed by atoms with Crippen LogP contribution in [0.2, 0.25) is 0 Å². The lowest BCUT2D eigenvalue weighted by atomic mass is 9.66. The third-order valence-electron chi connectivity index (χ3n) is 3.55. The van der Waals surface area contributed by atoms with E-state index in [9.17, 15) is 14.0 Å². The number of amides is 1. The zero-order valence-corrected chi connectivity index (χ0v) is 10.4. The Hall–Kier alpha value is -1.98. The topological polar surface area (TPSA) is 79.3 Å². The van der Waals surface area contributed by atoms with E-state index in [2.05, 4.69) is 10.3 Å². The van der Waals surface area contributed by atoms with Gasteiger partial charge in [0.25, 0.3) is 5.91 Å². The molecule has 0 unspecified atom stereocenters. The van der Waals surface area contributed by atoms with Crippen molar-refractivity contribution in [3.63, 3.8) is 0 Å².